The molecule has 1 aliphatic rings. The van der Waals surface area contributed by atoms with Crippen LogP contribution in [0.1, 0.15) is 0 Å². The Bertz CT molecular complexity index is 745. The van der Waals surface area contributed by atoms with Gasteiger partial charge in [-0.3, -0.25) is 0 Å². The van der Waals surface area contributed by atoms with Gasteiger partial charge in [0.05, 0.1) is 35.7 Å². The zero-order valence-electron chi connectivity index (χ0n) is 12.6. The molecule has 1 aromatic rings. The molecule has 1 aromatic carbocycles. The van der Waals surface area contributed by atoms with Gasteiger partial charge in [-0.25, -0.2) is 16.8 Å². The van der Waals surface area contributed by atoms with Gasteiger partial charge in [-0.1, -0.05) is 0 Å². The molecule has 1 heterocycles. The zero-order valence-corrected chi connectivity index (χ0v) is 14.3. The van der Waals surface area contributed by atoms with E-state index in [1.165, 1.54) is 31.4 Å². The number of methoxy groups -OCH3 is 1. The Balaban J connectivity index is 2.39. The minimum Gasteiger partial charge on any atom is -0.497 e. The average Bonchev–Trinajstić information content (AvgIpc) is 2.77. The lowest BCUT2D eigenvalue weighted by Crippen LogP contribution is -2.48. The van der Waals surface area contributed by atoms with Gasteiger partial charge in [0, 0.05) is 13.1 Å². The van der Waals surface area contributed by atoms with Crippen LogP contribution in [0.3, 0.4) is 0 Å². The Hall–Kier alpha value is -1.20. The summed E-state index contributed by atoms with van der Waals surface area (Å²) in [6.07, 6.45) is -1.26. The lowest BCUT2D eigenvalue weighted by molar-refractivity contribution is 0.129. The smallest absolute Gasteiger partial charge is 0.243 e. The molecule has 2 rings (SSSR count). The molecule has 0 unspecified atom stereocenters. The van der Waals surface area contributed by atoms with Gasteiger partial charge in [0.25, 0.3) is 0 Å². The highest BCUT2D eigenvalue weighted by molar-refractivity contribution is 7.92. The van der Waals surface area contributed by atoms with Crippen LogP contribution < -0.4 is 10.5 Å². The predicted octanol–water partition coefficient (Wildman–Crippen LogP) is -1.20. The molecule has 0 aliphatic carbocycles. The van der Waals surface area contributed by atoms with Gasteiger partial charge in [-0.2, -0.15) is 4.31 Å². The number of aliphatic hydroxyl groups excluding tert-OH is 1. The summed E-state index contributed by atoms with van der Waals surface area (Å²) in [5.74, 6) is -0.363. The van der Waals surface area contributed by atoms with Crippen LogP contribution in [0.4, 0.5) is 0 Å². The van der Waals surface area contributed by atoms with Crippen molar-refractivity contribution >= 4 is 19.9 Å². The van der Waals surface area contributed by atoms with E-state index in [9.17, 15) is 21.9 Å². The number of benzene rings is 1. The molecular formula is C13H20N2O6S2. The molecule has 0 bridgehead atoms. The van der Waals surface area contributed by atoms with Crippen LogP contribution in [0.25, 0.3) is 0 Å². The molecule has 2 atom stereocenters. The summed E-state index contributed by atoms with van der Waals surface area (Å²) in [5.41, 5.74) is 5.47. The van der Waals surface area contributed by atoms with E-state index in [4.69, 9.17) is 10.5 Å². The molecule has 0 spiro atoms. The van der Waals surface area contributed by atoms with Crippen molar-refractivity contribution in [2.45, 2.75) is 17.0 Å². The molecule has 0 aromatic heterocycles. The number of hydrogen-bond acceptors (Lipinski definition) is 7. The van der Waals surface area contributed by atoms with Crippen molar-refractivity contribution in [2.75, 3.05) is 31.7 Å². The molecule has 8 nitrogen and oxygen atoms in total. The van der Waals surface area contributed by atoms with Crippen LogP contribution in [-0.4, -0.2) is 70.1 Å². The zero-order chi connectivity index (χ0) is 17.3. The van der Waals surface area contributed by atoms with Crippen molar-refractivity contribution in [2.24, 2.45) is 5.73 Å². The van der Waals surface area contributed by atoms with Crippen molar-refractivity contribution in [1.82, 2.24) is 4.31 Å². The van der Waals surface area contributed by atoms with Crippen LogP contribution in [0, 0.1) is 0 Å². The van der Waals surface area contributed by atoms with E-state index in [1.54, 1.807) is 0 Å². The quantitative estimate of drug-likeness (QED) is 0.649. The summed E-state index contributed by atoms with van der Waals surface area (Å²) in [6.45, 7) is -0.0652. The van der Waals surface area contributed by atoms with E-state index in [1.807, 2.05) is 0 Å². The third-order valence-electron chi connectivity index (χ3n) is 3.68. The Labute approximate surface area is 135 Å². The van der Waals surface area contributed by atoms with Gasteiger partial charge < -0.3 is 15.6 Å². The van der Waals surface area contributed by atoms with Gasteiger partial charge in [-0.05, 0) is 24.3 Å². The maximum Gasteiger partial charge on any atom is 0.243 e. The second kappa shape index (κ2) is 6.73. The summed E-state index contributed by atoms with van der Waals surface area (Å²) < 4.78 is 54.9. The van der Waals surface area contributed by atoms with Crippen LogP contribution in [0.2, 0.25) is 0 Å². The van der Waals surface area contributed by atoms with E-state index in [2.05, 4.69) is 0 Å². The Morgan fingerprint density at radius 3 is 2.35 bits per heavy atom. The third-order valence-corrected chi connectivity index (χ3v) is 7.32. The van der Waals surface area contributed by atoms with Crippen LogP contribution in [0.5, 0.6) is 5.75 Å². The van der Waals surface area contributed by atoms with Crippen LogP contribution in [0.15, 0.2) is 29.2 Å². The normalized spacial score (nSPS) is 24.0. The maximum absolute atomic E-state index is 12.8. The van der Waals surface area contributed by atoms with Crippen molar-refractivity contribution < 1.29 is 26.7 Å². The molecule has 0 saturated carbocycles. The van der Waals surface area contributed by atoms with Crippen LogP contribution >= 0.6 is 0 Å². The van der Waals surface area contributed by atoms with E-state index in [-0.39, 0.29) is 18.0 Å². The highest BCUT2D eigenvalue weighted by Gasteiger charge is 2.44. The molecule has 0 amide bonds. The fraction of sp³-hybridized carbons (Fsp3) is 0.538. The number of ether oxygens (including phenoxy) is 1. The minimum absolute atomic E-state index is 0.0109. The second-order valence-corrected chi connectivity index (χ2v) is 9.34. The van der Waals surface area contributed by atoms with E-state index in [0.717, 1.165) is 4.31 Å². The molecule has 1 aliphatic heterocycles. The van der Waals surface area contributed by atoms with Crippen molar-refractivity contribution in [3.05, 3.63) is 24.3 Å². The summed E-state index contributed by atoms with van der Waals surface area (Å²) >= 11 is 0. The fourth-order valence-corrected chi connectivity index (χ4v) is 6.12. The number of aliphatic hydroxyl groups is 1. The lowest BCUT2D eigenvalue weighted by Gasteiger charge is -2.28. The maximum atomic E-state index is 12.8. The number of nitrogens with two attached hydrogens (primary N) is 1. The first-order valence-electron chi connectivity index (χ1n) is 6.96. The number of nitrogens with zero attached hydrogens (tertiary/aromatic N) is 1. The van der Waals surface area contributed by atoms with Crippen molar-refractivity contribution in [3.63, 3.8) is 0 Å². The third kappa shape index (κ3) is 3.83. The van der Waals surface area contributed by atoms with Gasteiger partial charge in [0.2, 0.25) is 10.0 Å². The van der Waals surface area contributed by atoms with E-state index >= 15 is 0 Å². The SMILES string of the molecule is COc1ccc(S(=O)(=O)N(CCN)[C@H]2CS(=O)(=O)C[C@@H]2O)cc1. The fourth-order valence-electron chi connectivity index (χ4n) is 2.56. The molecule has 0 radical (unpaired) electrons. The molecule has 1 fully saturated rings. The van der Waals surface area contributed by atoms with E-state index < -0.39 is 43.5 Å². The van der Waals surface area contributed by atoms with Gasteiger partial charge >= 0.3 is 0 Å². The highest BCUT2D eigenvalue weighted by atomic mass is 32.2. The van der Waals surface area contributed by atoms with Crippen molar-refractivity contribution in [3.8, 4) is 5.75 Å². The molecule has 130 valence electrons. The second-order valence-electron chi connectivity index (χ2n) is 5.29. The summed E-state index contributed by atoms with van der Waals surface area (Å²) in [7, 11) is -6.00. The monoisotopic (exact) mass is 364 g/mol. The van der Waals surface area contributed by atoms with Gasteiger partial charge in [-0.15, -0.1) is 0 Å². The first-order valence-corrected chi connectivity index (χ1v) is 10.2. The van der Waals surface area contributed by atoms with Gasteiger partial charge in [0.1, 0.15) is 5.75 Å². The first kappa shape index (κ1) is 18.1. The largest absolute Gasteiger partial charge is 0.497 e. The summed E-state index contributed by atoms with van der Waals surface area (Å²) in [5, 5.41) is 9.97. The Morgan fingerprint density at radius 2 is 1.91 bits per heavy atom. The first-order chi connectivity index (χ1) is 10.7. The minimum atomic E-state index is -3.98. The average molecular weight is 364 g/mol. The van der Waals surface area contributed by atoms with Crippen LogP contribution in [-0.2, 0) is 19.9 Å². The molecular weight excluding hydrogens is 344 g/mol. The summed E-state index contributed by atoms with van der Waals surface area (Å²) in [4.78, 5) is -0.0109. The topological polar surface area (TPSA) is 127 Å². The van der Waals surface area contributed by atoms with Crippen molar-refractivity contribution in [1.29, 1.82) is 0 Å². The number of sulfone groups is 1. The lowest BCUT2D eigenvalue weighted by atomic mass is 10.2. The number of sulfonamides is 1. The predicted molar refractivity (Wildman–Crippen MR) is 84.4 cm³/mol. The number of hydrogen-bond donors (Lipinski definition) is 2. The summed E-state index contributed by atoms with van der Waals surface area (Å²) in [6, 6.07) is 4.70. The molecule has 1 saturated heterocycles. The standard InChI is InChI=1S/C13H20N2O6S2/c1-21-10-2-4-11(5-3-10)23(19,20)15(7-6-14)12-8-22(17,18)9-13(12)16/h2-5,12-13,16H,6-9,14H2,1H3/t12-,13-/m0/s1. The highest BCUT2D eigenvalue weighted by Crippen LogP contribution is 2.26. The van der Waals surface area contributed by atoms with Gasteiger partial charge in [0.15, 0.2) is 9.84 Å². The Morgan fingerprint density at radius 1 is 1.30 bits per heavy atom. The number of rotatable bonds is 6. The molecule has 23 heavy (non-hydrogen) atoms. The van der Waals surface area contributed by atoms with E-state index in [0.29, 0.717) is 5.75 Å². The Kier molecular flexibility index (Phi) is 5.31. The molecule has 10 heteroatoms. The molecule has 3 N–H and O–H groups in total.